The van der Waals surface area contributed by atoms with Crippen LogP contribution >= 0.6 is 0 Å². The molecular formula is C10H16O. The molecule has 0 saturated carbocycles. The van der Waals surface area contributed by atoms with E-state index in [0.717, 1.165) is 19.3 Å². The summed E-state index contributed by atoms with van der Waals surface area (Å²) in [4.78, 5) is 11.0. The van der Waals surface area contributed by atoms with Crippen molar-refractivity contribution >= 4 is 5.78 Å². The number of allylic oxidation sites excluding steroid dienone is 3. The Morgan fingerprint density at radius 2 is 2.27 bits per heavy atom. The van der Waals surface area contributed by atoms with Crippen LogP contribution in [0.3, 0.4) is 0 Å². The van der Waals surface area contributed by atoms with Gasteiger partial charge in [0.2, 0.25) is 0 Å². The smallest absolute Gasteiger partial charge is 0.155 e. The van der Waals surface area contributed by atoms with Crippen LogP contribution in [0.5, 0.6) is 0 Å². The molecule has 62 valence electrons. The van der Waals surface area contributed by atoms with Gasteiger partial charge in [0, 0.05) is 6.42 Å². The first-order valence-electron chi connectivity index (χ1n) is 4.11. The van der Waals surface area contributed by atoms with Crippen molar-refractivity contribution in [2.45, 2.75) is 32.6 Å². The van der Waals surface area contributed by atoms with E-state index in [-0.39, 0.29) is 5.78 Å². The third kappa shape index (κ3) is 7.04. The van der Waals surface area contributed by atoms with Crippen molar-refractivity contribution in [3.8, 4) is 0 Å². The van der Waals surface area contributed by atoms with E-state index in [2.05, 4.69) is 13.5 Å². The minimum atomic E-state index is 0.230. The van der Waals surface area contributed by atoms with E-state index in [1.807, 2.05) is 6.08 Å². The summed E-state index contributed by atoms with van der Waals surface area (Å²) >= 11 is 0. The summed E-state index contributed by atoms with van der Waals surface area (Å²) in [6, 6.07) is 0. The second-order valence-corrected chi connectivity index (χ2v) is 2.50. The first-order valence-corrected chi connectivity index (χ1v) is 4.11. The molecule has 0 aromatic heterocycles. The SMILES string of the molecule is C=CCC=CC(=O)CCCC. The molecule has 0 aromatic rings. The predicted octanol–water partition coefficient (Wildman–Crippen LogP) is 2.88. The number of rotatable bonds is 6. The Labute approximate surface area is 68.8 Å². The van der Waals surface area contributed by atoms with Gasteiger partial charge < -0.3 is 0 Å². The Kier molecular flexibility index (Phi) is 6.70. The van der Waals surface area contributed by atoms with Gasteiger partial charge in [0.15, 0.2) is 5.78 Å². The average molecular weight is 152 g/mol. The van der Waals surface area contributed by atoms with E-state index in [9.17, 15) is 4.79 Å². The van der Waals surface area contributed by atoms with E-state index >= 15 is 0 Å². The van der Waals surface area contributed by atoms with Crippen LogP contribution in [0.25, 0.3) is 0 Å². The van der Waals surface area contributed by atoms with Gasteiger partial charge in [-0.1, -0.05) is 25.5 Å². The number of ketones is 1. The summed E-state index contributed by atoms with van der Waals surface area (Å²) in [6.45, 7) is 5.64. The lowest BCUT2D eigenvalue weighted by Gasteiger charge is -1.90. The van der Waals surface area contributed by atoms with Crippen molar-refractivity contribution in [2.75, 3.05) is 0 Å². The Hall–Kier alpha value is -0.850. The van der Waals surface area contributed by atoms with Gasteiger partial charge in [0.05, 0.1) is 0 Å². The fourth-order valence-corrected chi connectivity index (χ4v) is 0.730. The summed E-state index contributed by atoms with van der Waals surface area (Å²) in [6.07, 6.45) is 8.84. The third-order valence-electron chi connectivity index (χ3n) is 1.38. The van der Waals surface area contributed by atoms with Crippen LogP contribution in [0.4, 0.5) is 0 Å². The lowest BCUT2D eigenvalue weighted by molar-refractivity contribution is -0.114. The third-order valence-corrected chi connectivity index (χ3v) is 1.38. The van der Waals surface area contributed by atoms with Gasteiger partial charge in [0.25, 0.3) is 0 Å². The molecule has 0 amide bonds. The molecule has 0 aromatic carbocycles. The number of hydrogen-bond acceptors (Lipinski definition) is 1. The maximum absolute atomic E-state index is 11.0. The highest BCUT2D eigenvalue weighted by Crippen LogP contribution is 1.96. The molecule has 0 fully saturated rings. The maximum atomic E-state index is 11.0. The van der Waals surface area contributed by atoms with Gasteiger partial charge in [-0.25, -0.2) is 0 Å². The van der Waals surface area contributed by atoms with Crippen LogP contribution in [-0.2, 0) is 4.79 Å². The molecule has 0 N–H and O–H groups in total. The second kappa shape index (κ2) is 7.26. The number of hydrogen-bond donors (Lipinski definition) is 0. The molecule has 0 radical (unpaired) electrons. The number of carbonyl (C=O) groups excluding carboxylic acids is 1. The Morgan fingerprint density at radius 1 is 1.55 bits per heavy atom. The van der Waals surface area contributed by atoms with Crippen LogP contribution < -0.4 is 0 Å². The lowest BCUT2D eigenvalue weighted by Crippen LogP contribution is -1.90. The molecule has 1 heteroatoms. The quantitative estimate of drug-likeness (QED) is 0.422. The van der Waals surface area contributed by atoms with E-state index in [0.29, 0.717) is 6.42 Å². The molecular weight excluding hydrogens is 136 g/mol. The second-order valence-electron chi connectivity index (χ2n) is 2.50. The molecule has 0 rings (SSSR count). The fourth-order valence-electron chi connectivity index (χ4n) is 0.730. The summed E-state index contributed by atoms with van der Waals surface area (Å²) in [7, 11) is 0. The van der Waals surface area contributed by atoms with Crippen molar-refractivity contribution in [2.24, 2.45) is 0 Å². The van der Waals surface area contributed by atoms with Gasteiger partial charge in [-0.2, -0.15) is 0 Å². The summed E-state index contributed by atoms with van der Waals surface area (Å²) in [5.41, 5.74) is 0. The zero-order chi connectivity index (χ0) is 8.53. The Bertz CT molecular complexity index is 145. The predicted molar refractivity (Wildman–Crippen MR) is 48.5 cm³/mol. The van der Waals surface area contributed by atoms with E-state index in [4.69, 9.17) is 0 Å². The van der Waals surface area contributed by atoms with Crippen molar-refractivity contribution < 1.29 is 4.79 Å². The highest BCUT2D eigenvalue weighted by Gasteiger charge is 1.92. The molecule has 0 atom stereocenters. The van der Waals surface area contributed by atoms with Crippen molar-refractivity contribution in [1.82, 2.24) is 0 Å². The van der Waals surface area contributed by atoms with Gasteiger partial charge in [0.1, 0.15) is 0 Å². The summed E-state index contributed by atoms with van der Waals surface area (Å²) in [5.74, 6) is 0.230. The van der Waals surface area contributed by atoms with Gasteiger partial charge in [-0.05, 0) is 18.9 Å². The molecule has 0 aliphatic heterocycles. The van der Waals surface area contributed by atoms with Gasteiger partial charge in [-0.15, -0.1) is 6.58 Å². The first-order chi connectivity index (χ1) is 5.31. The van der Waals surface area contributed by atoms with Gasteiger partial charge in [-0.3, -0.25) is 4.79 Å². The highest BCUT2D eigenvalue weighted by atomic mass is 16.1. The number of unbranched alkanes of at least 4 members (excludes halogenated alkanes) is 1. The lowest BCUT2D eigenvalue weighted by atomic mass is 10.2. The molecule has 11 heavy (non-hydrogen) atoms. The molecule has 0 unspecified atom stereocenters. The van der Waals surface area contributed by atoms with Gasteiger partial charge >= 0.3 is 0 Å². The first kappa shape index (κ1) is 10.2. The molecule has 0 bridgehead atoms. The van der Waals surface area contributed by atoms with Crippen molar-refractivity contribution in [3.63, 3.8) is 0 Å². The van der Waals surface area contributed by atoms with Crippen LogP contribution in [0.2, 0.25) is 0 Å². The van der Waals surface area contributed by atoms with Crippen LogP contribution in [0.15, 0.2) is 24.8 Å². The summed E-state index contributed by atoms with van der Waals surface area (Å²) < 4.78 is 0. The molecule has 1 nitrogen and oxygen atoms in total. The topological polar surface area (TPSA) is 17.1 Å². The molecule has 0 aliphatic rings. The Morgan fingerprint density at radius 3 is 2.82 bits per heavy atom. The minimum absolute atomic E-state index is 0.230. The zero-order valence-corrected chi connectivity index (χ0v) is 7.18. The number of carbonyl (C=O) groups is 1. The van der Waals surface area contributed by atoms with E-state index in [1.54, 1.807) is 12.2 Å². The van der Waals surface area contributed by atoms with Crippen molar-refractivity contribution in [1.29, 1.82) is 0 Å². The minimum Gasteiger partial charge on any atom is -0.295 e. The molecule has 0 saturated heterocycles. The average Bonchev–Trinajstić information content (AvgIpc) is 2.01. The van der Waals surface area contributed by atoms with Crippen LogP contribution in [-0.4, -0.2) is 5.78 Å². The molecule has 0 spiro atoms. The fraction of sp³-hybridized carbons (Fsp3) is 0.500. The van der Waals surface area contributed by atoms with Crippen LogP contribution in [0, 0.1) is 0 Å². The maximum Gasteiger partial charge on any atom is 0.155 e. The summed E-state index contributed by atoms with van der Waals surface area (Å²) in [5, 5.41) is 0. The largest absolute Gasteiger partial charge is 0.295 e. The van der Waals surface area contributed by atoms with E-state index < -0.39 is 0 Å². The van der Waals surface area contributed by atoms with Crippen LogP contribution in [0.1, 0.15) is 32.6 Å². The van der Waals surface area contributed by atoms with E-state index in [1.165, 1.54) is 0 Å². The zero-order valence-electron chi connectivity index (χ0n) is 7.18. The normalized spacial score (nSPS) is 10.3. The highest BCUT2D eigenvalue weighted by molar-refractivity contribution is 5.89. The van der Waals surface area contributed by atoms with Crippen molar-refractivity contribution in [3.05, 3.63) is 24.8 Å². The molecule has 0 aliphatic carbocycles. The standard InChI is InChI=1S/C10H16O/c1-3-5-7-9-10(11)8-6-4-2/h3,7,9H,1,4-6,8H2,2H3. The Balaban J connectivity index is 3.42. The monoisotopic (exact) mass is 152 g/mol. The molecule has 0 heterocycles.